The number of morpholine rings is 1. The minimum absolute atomic E-state index is 0.0611. The molecule has 2 aliphatic rings. The highest BCUT2D eigenvalue weighted by Crippen LogP contribution is 2.49. The van der Waals surface area contributed by atoms with Crippen LogP contribution in [0.1, 0.15) is 52.1 Å². The van der Waals surface area contributed by atoms with Crippen LogP contribution in [-0.2, 0) is 19.3 Å². The van der Waals surface area contributed by atoms with E-state index in [-0.39, 0.29) is 31.4 Å². The van der Waals surface area contributed by atoms with Crippen molar-refractivity contribution in [2.24, 2.45) is 0 Å². The molecule has 12 heteroatoms. The standard InChI is InChI=1S/C27H39N5O6S/c1-19-17-38-14-12-32(19)23-16-22(27(10-4-11-27)39(36,37)15-5-13-33)29-24(30-23)20-6-8-21(9-7-20)28-25(35)31-26(2,3)18-34/h6-9,16,19,33-34H,4-5,10-15,17-18H2,1-3H3,(H2,28,31,35)/t19-/m0/s1. The van der Waals surface area contributed by atoms with Crippen molar-refractivity contribution in [1.82, 2.24) is 15.3 Å². The summed E-state index contributed by atoms with van der Waals surface area (Å²) < 4.78 is 31.5. The average molecular weight is 562 g/mol. The van der Waals surface area contributed by atoms with Crippen LogP contribution in [0.5, 0.6) is 0 Å². The van der Waals surface area contributed by atoms with Gasteiger partial charge in [-0.1, -0.05) is 0 Å². The van der Waals surface area contributed by atoms with E-state index < -0.39 is 26.2 Å². The van der Waals surface area contributed by atoms with Crippen LogP contribution in [0.25, 0.3) is 11.4 Å². The number of aliphatic hydroxyl groups is 2. The number of anilines is 2. The normalized spacial score (nSPS) is 19.3. The van der Waals surface area contributed by atoms with Gasteiger partial charge < -0.3 is 30.5 Å². The number of nitrogens with zero attached hydrogens (tertiary/aromatic N) is 3. The molecule has 11 nitrogen and oxygen atoms in total. The third kappa shape index (κ3) is 6.34. The smallest absolute Gasteiger partial charge is 0.319 e. The van der Waals surface area contributed by atoms with Gasteiger partial charge in [-0.25, -0.2) is 23.2 Å². The van der Waals surface area contributed by atoms with E-state index in [0.29, 0.717) is 61.2 Å². The molecule has 1 aromatic heterocycles. The zero-order valence-electron chi connectivity index (χ0n) is 22.8. The monoisotopic (exact) mass is 561 g/mol. The number of urea groups is 1. The topological polar surface area (TPSA) is 154 Å². The summed E-state index contributed by atoms with van der Waals surface area (Å²) >= 11 is 0. The summed E-state index contributed by atoms with van der Waals surface area (Å²) in [4.78, 5) is 24.1. The number of carbonyl (C=O) groups is 1. The summed E-state index contributed by atoms with van der Waals surface area (Å²) in [6.07, 6.45) is 1.94. The molecule has 2 fully saturated rings. The summed E-state index contributed by atoms with van der Waals surface area (Å²) in [6.45, 7) is 6.81. The van der Waals surface area contributed by atoms with E-state index in [1.165, 1.54) is 0 Å². The van der Waals surface area contributed by atoms with E-state index in [2.05, 4.69) is 15.5 Å². The number of rotatable bonds is 10. The van der Waals surface area contributed by atoms with Gasteiger partial charge in [0.15, 0.2) is 15.7 Å². The highest BCUT2D eigenvalue weighted by molar-refractivity contribution is 7.92. The molecule has 1 atom stereocenters. The number of hydrogen-bond acceptors (Lipinski definition) is 9. The number of carbonyl (C=O) groups excluding carboxylic acids is 1. The van der Waals surface area contributed by atoms with E-state index in [4.69, 9.17) is 14.7 Å². The van der Waals surface area contributed by atoms with Crippen LogP contribution in [0.15, 0.2) is 30.3 Å². The van der Waals surface area contributed by atoms with Crippen LogP contribution in [0.3, 0.4) is 0 Å². The molecule has 4 N–H and O–H groups in total. The largest absolute Gasteiger partial charge is 0.396 e. The molecule has 0 spiro atoms. The molecule has 1 saturated carbocycles. The third-order valence-electron chi connectivity index (χ3n) is 7.42. The van der Waals surface area contributed by atoms with Crippen LogP contribution in [0.4, 0.5) is 16.3 Å². The van der Waals surface area contributed by atoms with Crippen LogP contribution in [0.2, 0.25) is 0 Å². The number of ether oxygens (including phenoxy) is 1. The average Bonchev–Trinajstić information content (AvgIpc) is 2.87. The quantitative estimate of drug-likeness (QED) is 0.342. The number of amides is 2. The van der Waals surface area contributed by atoms with Crippen molar-refractivity contribution in [3.8, 4) is 11.4 Å². The Balaban J connectivity index is 1.69. The van der Waals surface area contributed by atoms with Crippen molar-refractivity contribution in [2.75, 3.05) is 48.9 Å². The maximum Gasteiger partial charge on any atom is 0.319 e. The second kappa shape index (κ2) is 11.7. The molecule has 2 heterocycles. The molecule has 214 valence electrons. The van der Waals surface area contributed by atoms with Crippen LogP contribution in [0, 0.1) is 0 Å². The number of aliphatic hydroxyl groups excluding tert-OH is 2. The van der Waals surface area contributed by atoms with Crippen molar-refractivity contribution in [3.63, 3.8) is 0 Å². The Kier molecular flexibility index (Phi) is 8.79. The van der Waals surface area contributed by atoms with E-state index in [0.717, 1.165) is 6.42 Å². The van der Waals surface area contributed by atoms with Crippen molar-refractivity contribution in [3.05, 3.63) is 36.0 Å². The van der Waals surface area contributed by atoms with Crippen molar-refractivity contribution in [1.29, 1.82) is 0 Å². The fraction of sp³-hybridized carbons (Fsp3) is 0.593. The second-order valence-corrected chi connectivity index (χ2v) is 13.4. The molecule has 39 heavy (non-hydrogen) atoms. The van der Waals surface area contributed by atoms with Crippen LogP contribution >= 0.6 is 0 Å². The maximum atomic E-state index is 13.5. The minimum atomic E-state index is -3.56. The third-order valence-corrected chi connectivity index (χ3v) is 10.1. The summed E-state index contributed by atoms with van der Waals surface area (Å²) in [5.74, 6) is 0.964. The van der Waals surface area contributed by atoms with Crippen LogP contribution in [-0.4, -0.2) is 84.9 Å². The van der Waals surface area contributed by atoms with Crippen molar-refractivity contribution < 1.29 is 28.2 Å². The van der Waals surface area contributed by atoms with E-state index in [1.807, 2.05) is 13.0 Å². The van der Waals surface area contributed by atoms with Gasteiger partial charge in [-0.05, 0) is 70.7 Å². The molecule has 2 amide bonds. The van der Waals surface area contributed by atoms with Gasteiger partial charge in [0.2, 0.25) is 0 Å². The van der Waals surface area contributed by atoms with Gasteiger partial charge >= 0.3 is 6.03 Å². The van der Waals surface area contributed by atoms with Crippen molar-refractivity contribution in [2.45, 2.75) is 62.8 Å². The highest BCUT2D eigenvalue weighted by atomic mass is 32.2. The number of hydrogen-bond donors (Lipinski definition) is 4. The maximum absolute atomic E-state index is 13.5. The van der Waals surface area contributed by atoms with Gasteiger partial charge in [0, 0.05) is 30.5 Å². The SMILES string of the molecule is C[C@H]1COCCN1c1cc(C2(S(=O)(=O)CCCO)CCC2)nc(-c2ccc(NC(=O)NC(C)(C)CO)cc2)n1. The van der Waals surface area contributed by atoms with Gasteiger partial charge in [0.25, 0.3) is 0 Å². The van der Waals surface area contributed by atoms with Crippen LogP contribution < -0.4 is 15.5 Å². The van der Waals surface area contributed by atoms with Gasteiger partial charge in [0.1, 0.15) is 10.6 Å². The molecule has 1 aliphatic carbocycles. The summed E-state index contributed by atoms with van der Waals surface area (Å²) in [7, 11) is -3.56. The summed E-state index contributed by atoms with van der Waals surface area (Å²) in [6, 6.07) is 8.45. The van der Waals surface area contributed by atoms with Crippen molar-refractivity contribution >= 4 is 27.4 Å². The molecule has 0 bridgehead atoms. The molecule has 1 aliphatic heterocycles. The zero-order chi connectivity index (χ0) is 28.3. The molecule has 0 unspecified atom stereocenters. The number of benzene rings is 1. The van der Waals surface area contributed by atoms with Gasteiger partial charge in [0.05, 0.1) is 42.8 Å². The number of aromatic nitrogens is 2. The summed E-state index contributed by atoms with van der Waals surface area (Å²) in [5.41, 5.74) is 0.951. The lowest BCUT2D eigenvalue weighted by atomic mass is 9.81. The fourth-order valence-corrected chi connectivity index (χ4v) is 7.13. The minimum Gasteiger partial charge on any atom is -0.396 e. The molecular weight excluding hydrogens is 522 g/mol. The Morgan fingerprint density at radius 2 is 1.92 bits per heavy atom. The first-order valence-corrected chi connectivity index (χ1v) is 15.0. The zero-order valence-corrected chi connectivity index (χ0v) is 23.6. The summed E-state index contributed by atoms with van der Waals surface area (Å²) in [5, 5.41) is 24.1. The van der Waals surface area contributed by atoms with E-state index in [1.54, 1.807) is 38.1 Å². The number of sulfone groups is 1. The van der Waals surface area contributed by atoms with Gasteiger partial charge in [-0.15, -0.1) is 0 Å². The highest BCUT2D eigenvalue weighted by Gasteiger charge is 2.51. The molecule has 0 radical (unpaired) electrons. The Labute approximate surface area is 229 Å². The molecule has 4 rings (SSSR count). The number of nitrogens with one attached hydrogen (secondary N) is 2. The molecule has 1 saturated heterocycles. The first-order chi connectivity index (χ1) is 18.5. The molecule has 2 aromatic rings. The van der Waals surface area contributed by atoms with Gasteiger partial charge in [-0.3, -0.25) is 0 Å². The Hall–Kier alpha value is -2.80. The lowest BCUT2D eigenvalue weighted by molar-refractivity contribution is 0.0985. The fourth-order valence-electron chi connectivity index (χ4n) is 4.90. The van der Waals surface area contributed by atoms with Gasteiger partial charge in [-0.2, -0.15) is 0 Å². The first kappa shape index (κ1) is 29.2. The first-order valence-electron chi connectivity index (χ1n) is 13.4. The molecular formula is C27H39N5O6S. The predicted octanol–water partition coefficient (Wildman–Crippen LogP) is 2.44. The lowest BCUT2D eigenvalue weighted by Crippen LogP contribution is -2.48. The lowest BCUT2D eigenvalue weighted by Gasteiger charge is -2.41. The Morgan fingerprint density at radius 1 is 1.21 bits per heavy atom. The van der Waals surface area contributed by atoms with E-state index >= 15 is 0 Å². The predicted molar refractivity (Wildman–Crippen MR) is 149 cm³/mol. The Morgan fingerprint density at radius 3 is 2.51 bits per heavy atom. The van der Waals surface area contributed by atoms with E-state index in [9.17, 15) is 23.4 Å². The second-order valence-electron chi connectivity index (χ2n) is 11.0. The Bertz CT molecular complexity index is 1260. The molecule has 1 aromatic carbocycles.